The van der Waals surface area contributed by atoms with Gasteiger partial charge in [0.25, 0.3) is 0 Å². The van der Waals surface area contributed by atoms with Crippen molar-refractivity contribution in [2.24, 2.45) is 5.92 Å². The van der Waals surface area contributed by atoms with E-state index in [1.54, 1.807) is 18.5 Å². The van der Waals surface area contributed by atoms with Crippen molar-refractivity contribution in [2.75, 3.05) is 20.2 Å². The Morgan fingerprint density at radius 1 is 1.32 bits per heavy atom. The van der Waals surface area contributed by atoms with Gasteiger partial charge >= 0.3 is 5.97 Å². The third-order valence-corrected chi connectivity index (χ3v) is 4.74. The zero-order chi connectivity index (χ0) is 17.8. The standard InChI is InChI=1S/C19H21FN2O3/c1-25-17-5-4-14(11-16(17)20)18(15-3-2-8-21-12-15)22-9-6-13(7-10-22)19(23)24/h2-5,8,11-13,18H,6-7,9-10H2,1H3,(H,23,24). The summed E-state index contributed by atoms with van der Waals surface area (Å²) in [6.07, 6.45) is 4.65. The van der Waals surface area contributed by atoms with Crippen LogP contribution in [-0.2, 0) is 4.79 Å². The zero-order valence-electron chi connectivity index (χ0n) is 14.1. The molecule has 132 valence electrons. The Kier molecular flexibility index (Phi) is 5.28. The first-order valence-corrected chi connectivity index (χ1v) is 8.30. The van der Waals surface area contributed by atoms with Gasteiger partial charge in [-0.25, -0.2) is 4.39 Å². The summed E-state index contributed by atoms with van der Waals surface area (Å²) < 4.78 is 19.2. The first kappa shape index (κ1) is 17.4. The van der Waals surface area contributed by atoms with Crippen LogP contribution in [0.2, 0.25) is 0 Å². The molecule has 0 amide bonds. The maximum absolute atomic E-state index is 14.2. The molecule has 1 aliphatic heterocycles. The van der Waals surface area contributed by atoms with Crippen LogP contribution in [0, 0.1) is 11.7 Å². The number of hydrogen-bond acceptors (Lipinski definition) is 4. The molecule has 0 aliphatic carbocycles. The molecule has 0 saturated carbocycles. The Labute approximate surface area is 146 Å². The lowest BCUT2D eigenvalue weighted by atomic mass is 9.92. The molecule has 25 heavy (non-hydrogen) atoms. The first-order chi connectivity index (χ1) is 12.1. The van der Waals surface area contributed by atoms with Crippen molar-refractivity contribution in [1.82, 2.24) is 9.88 Å². The van der Waals surface area contributed by atoms with E-state index in [1.165, 1.54) is 13.2 Å². The molecule has 0 bridgehead atoms. The van der Waals surface area contributed by atoms with Crippen molar-refractivity contribution in [3.63, 3.8) is 0 Å². The van der Waals surface area contributed by atoms with E-state index in [0.717, 1.165) is 11.1 Å². The van der Waals surface area contributed by atoms with E-state index >= 15 is 0 Å². The summed E-state index contributed by atoms with van der Waals surface area (Å²) in [5.74, 6) is -1.25. The van der Waals surface area contributed by atoms with Gasteiger partial charge in [-0.3, -0.25) is 14.7 Å². The second-order valence-electron chi connectivity index (χ2n) is 6.23. The normalized spacial score (nSPS) is 17.2. The van der Waals surface area contributed by atoms with Crippen molar-refractivity contribution in [3.05, 3.63) is 59.7 Å². The number of piperidine rings is 1. The molecular formula is C19H21FN2O3. The number of rotatable bonds is 5. The number of ether oxygens (including phenoxy) is 1. The molecule has 1 aliphatic rings. The average Bonchev–Trinajstić information content (AvgIpc) is 2.63. The quantitative estimate of drug-likeness (QED) is 0.903. The summed E-state index contributed by atoms with van der Waals surface area (Å²) >= 11 is 0. The van der Waals surface area contributed by atoms with Crippen LogP contribution in [0.15, 0.2) is 42.7 Å². The van der Waals surface area contributed by atoms with E-state index in [-0.39, 0.29) is 17.7 Å². The Hall–Kier alpha value is -2.47. The van der Waals surface area contributed by atoms with Gasteiger partial charge in [-0.1, -0.05) is 12.1 Å². The minimum atomic E-state index is -0.743. The lowest BCUT2D eigenvalue weighted by molar-refractivity contribution is -0.143. The fraction of sp³-hybridized carbons (Fsp3) is 0.368. The van der Waals surface area contributed by atoms with Crippen molar-refractivity contribution in [1.29, 1.82) is 0 Å². The molecule has 1 unspecified atom stereocenters. The monoisotopic (exact) mass is 344 g/mol. The highest BCUT2D eigenvalue weighted by molar-refractivity contribution is 5.70. The zero-order valence-corrected chi connectivity index (χ0v) is 14.1. The van der Waals surface area contributed by atoms with E-state index < -0.39 is 11.8 Å². The van der Waals surface area contributed by atoms with Gasteiger partial charge in [0.05, 0.1) is 19.1 Å². The van der Waals surface area contributed by atoms with Crippen LogP contribution in [0.5, 0.6) is 5.75 Å². The summed E-state index contributed by atoms with van der Waals surface area (Å²) in [6, 6.07) is 8.61. The number of carbonyl (C=O) groups is 1. The minimum absolute atomic E-state index is 0.163. The predicted octanol–water partition coefficient (Wildman–Crippen LogP) is 3.12. The number of carboxylic acid groups (broad SMARTS) is 1. The van der Waals surface area contributed by atoms with Gasteiger partial charge in [-0.05, 0) is 55.3 Å². The minimum Gasteiger partial charge on any atom is -0.494 e. The molecule has 1 N–H and O–H groups in total. The molecule has 1 aromatic carbocycles. The molecule has 3 rings (SSSR count). The fourth-order valence-corrected chi connectivity index (χ4v) is 3.41. The van der Waals surface area contributed by atoms with E-state index in [4.69, 9.17) is 4.74 Å². The van der Waals surface area contributed by atoms with Crippen LogP contribution in [0.3, 0.4) is 0 Å². The highest BCUT2D eigenvalue weighted by atomic mass is 19.1. The molecule has 1 atom stereocenters. The second-order valence-corrected chi connectivity index (χ2v) is 6.23. The van der Waals surface area contributed by atoms with E-state index in [0.29, 0.717) is 25.9 Å². The number of methoxy groups -OCH3 is 1. The number of aliphatic carboxylic acids is 1. The summed E-state index contributed by atoms with van der Waals surface area (Å²) in [7, 11) is 1.44. The molecule has 5 nitrogen and oxygen atoms in total. The number of hydrogen-bond donors (Lipinski definition) is 1. The molecule has 2 heterocycles. The third-order valence-electron chi connectivity index (χ3n) is 4.74. The molecular weight excluding hydrogens is 323 g/mol. The number of benzene rings is 1. The molecule has 6 heteroatoms. The molecule has 2 aromatic rings. The van der Waals surface area contributed by atoms with Gasteiger partial charge in [-0.15, -0.1) is 0 Å². The lowest BCUT2D eigenvalue weighted by Gasteiger charge is -2.37. The van der Waals surface area contributed by atoms with Crippen LogP contribution in [-0.4, -0.2) is 41.2 Å². The Morgan fingerprint density at radius 3 is 2.64 bits per heavy atom. The van der Waals surface area contributed by atoms with Gasteiger partial charge < -0.3 is 9.84 Å². The highest BCUT2D eigenvalue weighted by Gasteiger charge is 2.30. The average molecular weight is 344 g/mol. The summed E-state index contributed by atoms with van der Waals surface area (Å²) in [6.45, 7) is 1.29. The number of halogens is 1. The third kappa shape index (κ3) is 3.79. The number of carboxylic acids is 1. The Morgan fingerprint density at radius 2 is 2.08 bits per heavy atom. The lowest BCUT2D eigenvalue weighted by Crippen LogP contribution is -2.39. The van der Waals surface area contributed by atoms with Gasteiger partial charge in [0.2, 0.25) is 0 Å². The fourth-order valence-electron chi connectivity index (χ4n) is 3.41. The molecule has 1 fully saturated rings. The number of nitrogens with zero attached hydrogens (tertiary/aromatic N) is 2. The van der Waals surface area contributed by atoms with Crippen LogP contribution in [0.1, 0.15) is 30.0 Å². The van der Waals surface area contributed by atoms with Crippen molar-refractivity contribution < 1.29 is 19.0 Å². The number of likely N-dealkylation sites (tertiary alicyclic amines) is 1. The maximum Gasteiger partial charge on any atom is 0.306 e. The molecule has 0 radical (unpaired) electrons. The molecule has 1 saturated heterocycles. The molecule has 1 aromatic heterocycles. The molecule has 0 spiro atoms. The first-order valence-electron chi connectivity index (χ1n) is 8.30. The predicted molar refractivity (Wildman–Crippen MR) is 91.0 cm³/mol. The largest absolute Gasteiger partial charge is 0.494 e. The van der Waals surface area contributed by atoms with Gasteiger partial charge in [0.15, 0.2) is 11.6 Å². The summed E-state index contributed by atoms with van der Waals surface area (Å²) in [5, 5.41) is 9.20. The van der Waals surface area contributed by atoms with Gasteiger partial charge in [0, 0.05) is 12.4 Å². The topological polar surface area (TPSA) is 62.7 Å². The van der Waals surface area contributed by atoms with Gasteiger partial charge in [0.1, 0.15) is 0 Å². The SMILES string of the molecule is COc1ccc(C(c2cccnc2)N2CCC(C(=O)O)CC2)cc1F. The van der Waals surface area contributed by atoms with Crippen LogP contribution in [0.25, 0.3) is 0 Å². The van der Waals surface area contributed by atoms with Crippen LogP contribution >= 0.6 is 0 Å². The van der Waals surface area contributed by atoms with E-state index in [9.17, 15) is 14.3 Å². The van der Waals surface area contributed by atoms with E-state index in [1.807, 2.05) is 18.2 Å². The van der Waals surface area contributed by atoms with Crippen molar-refractivity contribution in [3.8, 4) is 5.75 Å². The van der Waals surface area contributed by atoms with E-state index in [2.05, 4.69) is 9.88 Å². The maximum atomic E-state index is 14.2. The number of aromatic nitrogens is 1. The smallest absolute Gasteiger partial charge is 0.306 e. The second kappa shape index (κ2) is 7.61. The highest BCUT2D eigenvalue weighted by Crippen LogP contribution is 2.33. The summed E-state index contributed by atoms with van der Waals surface area (Å²) in [5.41, 5.74) is 1.76. The Balaban J connectivity index is 1.92. The number of pyridine rings is 1. The van der Waals surface area contributed by atoms with Crippen LogP contribution in [0.4, 0.5) is 4.39 Å². The van der Waals surface area contributed by atoms with Crippen LogP contribution < -0.4 is 4.74 Å². The Bertz CT molecular complexity index is 731. The summed E-state index contributed by atoms with van der Waals surface area (Å²) in [4.78, 5) is 17.6. The van der Waals surface area contributed by atoms with Gasteiger partial charge in [-0.2, -0.15) is 0 Å². The van der Waals surface area contributed by atoms with Crippen molar-refractivity contribution in [2.45, 2.75) is 18.9 Å². The van der Waals surface area contributed by atoms with Crippen molar-refractivity contribution >= 4 is 5.97 Å².